The van der Waals surface area contributed by atoms with Crippen LogP contribution in [0.25, 0.3) is 0 Å². The number of hydrogen-bond donors (Lipinski definition) is 1. The summed E-state index contributed by atoms with van der Waals surface area (Å²) in [5.41, 5.74) is 0.397. The molecule has 1 aliphatic rings. The monoisotopic (exact) mass is 295 g/mol. The van der Waals surface area contributed by atoms with Gasteiger partial charge in [-0.05, 0) is 30.9 Å². The summed E-state index contributed by atoms with van der Waals surface area (Å²) in [4.78, 5) is 24.3. The number of carbonyl (C=O) groups excluding carboxylic acids is 1. The van der Waals surface area contributed by atoms with Crippen molar-refractivity contribution in [2.24, 2.45) is 0 Å². The minimum atomic E-state index is -1.03. The van der Waals surface area contributed by atoms with Gasteiger partial charge in [-0.25, -0.2) is 4.39 Å². The predicted molar refractivity (Wildman–Crippen MR) is 73.6 cm³/mol. The number of methoxy groups -OCH3 is 1. The molecular weight excluding hydrogens is 277 g/mol. The minimum absolute atomic E-state index is 0.0313. The number of amides is 1. The number of carboxylic acids is 1. The molecule has 1 aliphatic carbocycles. The van der Waals surface area contributed by atoms with E-state index in [9.17, 15) is 14.0 Å². The lowest BCUT2D eigenvalue weighted by Crippen LogP contribution is -2.37. The van der Waals surface area contributed by atoms with Gasteiger partial charge in [0.05, 0.1) is 7.11 Å². The molecule has 5 nitrogen and oxygen atoms in total. The number of halogens is 1. The Balaban J connectivity index is 1.98. The van der Waals surface area contributed by atoms with Crippen molar-refractivity contribution in [1.29, 1.82) is 0 Å². The molecule has 0 aliphatic heterocycles. The molecule has 1 amide bonds. The molecule has 2 rings (SSSR count). The number of aryl methyl sites for hydroxylation is 1. The molecule has 0 aromatic heterocycles. The van der Waals surface area contributed by atoms with Crippen molar-refractivity contribution in [3.63, 3.8) is 0 Å². The van der Waals surface area contributed by atoms with Gasteiger partial charge in [0.25, 0.3) is 0 Å². The fraction of sp³-hybridized carbons (Fsp3) is 0.467. The van der Waals surface area contributed by atoms with Gasteiger partial charge in [0, 0.05) is 12.5 Å². The number of hydrogen-bond acceptors (Lipinski definition) is 3. The average molecular weight is 295 g/mol. The van der Waals surface area contributed by atoms with Crippen LogP contribution in [0.4, 0.5) is 4.39 Å². The van der Waals surface area contributed by atoms with Gasteiger partial charge in [-0.1, -0.05) is 12.1 Å². The molecular formula is C15H18FNO4. The van der Waals surface area contributed by atoms with Crippen molar-refractivity contribution in [3.05, 3.63) is 29.6 Å². The molecule has 1 N–H and O–H groups in total. The van der Waals surface area contributed by atoms with Gasteiger partial charge in [0.2, 0.25) is 5.91 Å². The fourth-order valence-corrected chi connectivity index (χ4v) is 2.25. The highest BCUT2D eigenvalue weighted by atomic mass is 19.1. The Morgan fingerprint density at radius 1 is 1.43 bits per heavy atom. The number of aliphatic carboxylic acids is 1. The van der Waals surface area contributed by atoms with E-state index in [4.69, 9.17) is 9.84 Å². The molecule has 1 aromatic carbocycles. The smallest absolute Gasteiger partial charge is 0.323 e. The first-order valence-corrected chi connectivity index (χ1v) is 6.85. The summed E-state index contributed by atoms with van der Waals surface area (Å²) in [6, 6.07) is 4.81. The molecule has 0 heterocycles. The highest BCUT2D eigenvalue weighted by Gasteiger charge is 2.33. The first-order chi connectivity index (χ1) is 10.0. The van der Waals surface area contributed by atoms with Crippen LogP contribution in [0.2, 0.25) is 0 Å². The van der Waals surface area contributed by atoms with Gasteiger partial charge < -0.3 is 14.7 Å². The van der Waals surface area contributed by atoms with Crippen LogP contribution >= 0.6 is 0 Å². The van der Waals surface area contributed by atoms with Gasteiger partial charge >= 0.3 is 5.97 Å². The fourth-order valence-electron chi connectivity index (χ4n) is 2.25. The molecule has 0 atom stereocenters. The molecule has 0 radical (unpaired) electrons. The van der Waals surface area contributed by atoms with Crippen molar-refractivity contribution in [2.45, 2.75) is 31.7 Å². The van der Waals surface area contributed by atoms with Crippen molar-refractivity contribution in [1.82, 2.24) is 4.90 Å². The van der Waals surface area contributed by atoms with Crippen LogP contribution in [0.15, 0.2) is 18.2 Å². The third-order valence-electron chi connectivity index (χ3n) is 3.48. The van der Waals surface area contributed by atoms with Crippen molar-refractivity contribution in [2.75, 3.05) is 13.7 Å². The van der Waals surface area contributed by atoms with Crippen LogP contribution in [-0.2, 0) is 16.0 Å². The number of carboxylic acid groups (broad SMARTS) is 1. The summed E-state index contributed by atoms with van der Waals surface area (Å²) in [6.45, 7) is -0.288. The summed E-state index contributed by atoms with van der Waals surface area (Å²) in [5.74, 6) is -1.60. The zero-order valence-electron chi connectivity index (χ0n) is 11.8. The maximum atomic E-state index is 14.0. The SMILES string of the molecule is COc1cccc(CCC(=O)N(CC(=O)O)C2CC2)c1F. The Morgan fingerprint density at radius 2 is 2.14 bits per heavy atom. The summed E-state index contributed by atoms with van der Waals surface area (Å²) in [5, 5.41) is 8.84. The molecule has 21 heavy (non-hydrogen) atoms. The molecule has 1 fully saturated rings. The second-order valence-corrected chi connectivity index (χ2v) is 5.08. The molecule has 6 heteroatoms. The van der Waals surface area contributed by atoms with Crippen LogP contribution < -0.4 is 4.74 Å². The van der Waals surface area contributed by atoms with E-state index >= 15 is 0 Å². The van der Waals surface area contributed by atoms with E-state index in [1.165, 1.54) is 18.1 Å². The molecule has 0 bridgehead atoms. The van der Waals surface area contributed by atoms with Crippen molar-refractivity contribution < 1.29 is 23.8 Å². The average Bonchev–Trinajstić information content (AvgIpc) is 3.27. The van der Waals surface area contributed by atoms with E-state index in [1.807, 2.05) is 0 Å². The number of rotatable bonds is 7. The van der Waals surface area contributed by atoms with Gasteiger partial charge in [0.1, 0.15) is 6.54 Å². The molecule has 1 aromatic rings. The van der Waals surface area contributed by atoms with Crippen molar-refractivity contribution >= 4 is 11.9 Å². The van der Waals surface area contributed by atoms with Crippen LogP contribution in [0, 0.1) is 5.82 Å². The molecule has 114 valence electrons. The number of ether oxygens (including phenoxy) is 1. The number of carbonyl (C=O) groups is 2. The maximum absolute atomic E-state index is 14.0. The summed E-state index contributed by atoms with van der Waals surface area (Å²) >= 11 is 0. The zero-order chi connectivity index (χ0) is 15.4. The van der Waals surface area contributed by atoms with E-state index in [0.717, 1.165) is 12.8 Å². The van der Waals surface area contributed by atoms with Gasteiger partial charge in [0.15, 0.2) is 11.6 Å². The Kier molecular flexibility index (Phi) is 4.77. The van der Waals surface area contributed by atoms with Gasteiger partial charge in [-0.2, -0.15) is 0 Å². The highest BCUT2D eigenvalue weighted by Crippen LogP contribution is 2.28. The largest absolute Gasteiger partial charge is 0.494 e. The Labute approximate surface area is 122 Å². The zero-order valence-corrected chi connectivity index (χ0v) is 11.8. The van der Waals surface area contributed by atoms with E-state index in [1.54, 1.807) is 12.1 Å². The Bertz CT molecular complexity index is 542. The van der Waals surface area contributed by atoms with Gasteiger partial charge in [-0.3, -0.25) is 9.59 Å². The summed E-state index contributed by atoms with van der Waals surface area (Å²) < 4.78 is 18.9. The summed E-state index contributed by atoms with van der Waals surface area (Å²) in [7, 11) is 1.38. The topological polar surface area (TPSA) is 66.8 Å². The molecule has 0 unspecified atom stereocenters. The molecule has 0 spiro atoms. The summed E-state index contributed by atoms with van der Waals surface area (Å²) in [6.07, 6.45) is 2.00. The lowest BCUT2D eigenvalue weighted by molar-refractivity contribution is -0.144. The van der Waals surface area contributed by atoms with E-state index in [2.05, 4.69) is 0 Å². The second-order valence-electron chi connectivity index (χ2n) is 5.08. The van der Waals surface area contributed by atoms with Gasteiger partial charge in [-0.15, -0.1) is 0 Å². The van der Waals surface area contributed by atoms with Crippen LogP contribution in [0.1, 0.15) is 24.8 Å². The van der Waals surface area contributed by atoms with Crippen LogP contribution in [0.3, 0.4) is 0 Å². The highest BCUT2D eigenvalue weighted by molar-refractivity contribution is 5.82. The maximum Gasteiger partial charge on any atom is 0.323 e. The molecule has 1 saturated carbocycles. The van der Waals surface area contributed by atoms with E-state index < -0.39 is 11.8 Å². The first kappa shape index (κ1) is 15.3. The number of nitrogens with zero attached hydrogens (tertiary/aromatic N) is 1. The van der Waals surface area contributed by atoms with E-state index in [-0.39, 0.29) is 37.1 Å². The second kappa shape index (κ2) is 6.56. The minimum Gasteiger partial charge on any atom is -0.494 e. The van der Waals surface area contributed by atoms with E-state index in [0.29, 0.717) is 5.56 Å². The van der Waals surface area contributed by atoms with Crippen molar-refractivity contribution in [3.8, 4) is 5.75 Å². The third kappa shape index (κ3) is 3.93. The lowest BCUT2D eigenvalue weighted by atomic mass is 10.1. The first-order valence-electron chi connectivity index (χ1n) is 6.85. The standard InChI is InChI=1S/C15H18FNO4/c1-21-12-4-2-3-10(15(12)16)5-8-13(18)17(9-14(19)20)11-6-7-11/h2-4,11H,5-9H2,1H3,(H,19,20). The quantitative estimate of drug-likeness (QED) is 0.833. The van der Waals surface area contributed by atoms with Crippen LogP contribution in [-0.4, -0.2) is 41.6 Å². The normalized spacial score (nSPS) is 13.8. The Morgan fingerprint density at radius 3 is 2.71 bits per heavy atom. The molecule has 0 saturated heterocycles. The third-order valence-corrected chi connectivity index (χ3v) is 3.48. The predicted octanol–water partition coefficient (Wildman–Crippen LogP) is 1.84. The Hall–Kier alpha value is -2.11. The van der Waals surface area contributed by atoms with Crippen LogP contribution in [0.5, 0.6) is 5.75 Å². The lowest BCUT2D eigenvalue weighted by Gasteiger charge is -2.20. The number of benzene rings is 1.